The number of fused-ring (bicyclic) bond motifs is 6. The summed E-state index contributed by atoms with van der Waals surface area (Å²) in [6.45, 7) is 20.8. The monoisotopic (exact) mass is 916 g/mol. The van der Waals surface area contributed by atoms with Crippen LogP contribution in [0.3, 0.4) is 0 Å². The van der Waals surface area contributed by atoms with Gasteiger partial charge in [0.05, 0.1) is 33.6 Å². The average molecular weight is 917 g/mol. The second kappa shape index (κ2) is 17.0. The molecule has 8 aromatic rings. The van der Waals surface area contributed by atoms with E-state index in [1.807, 2.05) is 48.5 Å². The molecule has 0 saturated carbocycles. The first-order valence-electron chi connectivity index (χ1n) is 24.5. The summed E-state index contributed by atoms with van der Waals surface area (Å²) < 4.78 is 0. The Bertz CT molecular complexity index is 3450. The summed E-state index contributed by atoms with van der Waals surface area (Å²) in [6, 6.07) is 32.7. The van der Waals surface area contributed by atoms with Crippen LogP contribution in [0.15, 0.2) is 97.1 Å². The van der Waals surface area contributed by atoms with Gasteiger partial charge in [0.2, 0.25) is 0 Å². The van der Waals surface area contributed by atoms with Crippen LogP contribution in [0.5, 0.6) is 0 Å². The molecular weight excluding hydrogens is 861 g/mol. The van der Waals surface area contributed by atoms with Crippen molar-refractivity contribution < 1.29 is 19.2 Å². The molecule has 346 valence electrons. The zero-order valence-corrected chi connectivity index (χ0v) is 41.6. The molecule has 2 heterocycles. The number of anilines is 2. The molecule has 0 aromatic heterocycles. The molecule has 0 saturated heterocycles. The van der Waals surface area contributed by atoms with Crippen LogP contribution in [0.4, 0.5) is 11.4 Å². The standard InChI is InChI=1S/C64H56N2O4/c1-13-39-19-51(33(3)4)59(52(20-39)34(5)6)65-61(67)55-29-47-25-43-17-37(11)41(23-45(43)27-49(47)31-57(55)63(65)69)15-16-42-24-46-28-50-32-58-56(30-48(50)26-44(46)18-38(42)12)62(68)66(64(58)70)60-53(35(7)8)21-40(14-2)22-54(60)36(9)10/h1-2,17-36H,15-16H2,3-12H3. The lowest BCUT2D eigenvalue weighted by molar-refractivity contribution is 0.0909. The molecule has 2 aliphatic rings. The van der Waals surface area contributed by atoms with E-state index >= 15 is 0 Å². The largest absolute Gasteiger partial charge is 0.268 e. The average Bonchev–Trinajstić information content (AvgIpc) is 3.70. The Morgan fingerprint density at radius 2 is 0.614 bits per heavy atom. The molecule has 0 unspecified atom stereocenters. The maximum absolute atomic E-state index is 14.3. The number of carbonyl (C=O) groups excluding carboxylic acids is 4. The summed E-state index contributed by atoms with van der Waals surface area (Å²) in [5.74, 6) is 4.42. The number of hydrogen-bond donors (Lipinski definition) is 0. The third-order valence-electron chi connectivity index (χ3n) is 14.8. The molecule has 6 heteroatoms. The minimum absolute atomic E-state index is 0.0376. The number of amides is 4. The summed E-state index contributed by atoms with van der Waals surface area (Å²) in [6.07, 6.45) is 13.3. The highest BCUT2D eigenvalue weighted by Gasteiger charge is 2.41. The highest BCUT2D eigenvalue weighted by Crippen LogP contribution is 2.44. The molecular formula is C64H56N2O4. The van der Waals surface area contributed by atoms with E-state index in [4.69, 9.17) is 12.8 Å². The Labute approximate surface area is 410 Å². The van der Waals surface area contributed by atoms with E-state index in [2.05, 4.69) is 130 Å². The third kappa shape index (κ3) is 7.37. The Hall–Kier alpha value is -7.80. The lowest BCUT2D eigenvalue weighted by Gasteiger charge is -2.26. The van der Waals surface area contributed by atoms with Crippen LogP contribution in [0.2, 0.25) is 0 Å². The van der Waals surface area contributed by atoms with Crippen LogP contribution < -0.4 is 9.80 Å². The second-order valence-corrected chi connectivity index (χ2v) is 20.8. The van der Waals surface area contributed by atoms with E-state index in [1.54, 1.807) is 0 Å². The Morgan fingerprint density at radius 1 is 0.371 bits per heavy atom. The van der Waals surface area contributed by atoms with Crippen LogP contribution in [-0.4, -0.2) is 23.6 Å². The normalized spacial score (nSPS) is 13.7. The minimum Gasteiger partial charge on any atom is -0.268 e. The van der Waals surface area contributed by atoms with Crippen molar-refractivity contribution in [3.63, 3.8) is 0 Å². The van der Waals surface area contributed by atoms with Gasteiger partial charge in [-0.05, 0) is 211 Å². The van der Waals surface area contributed by atoms with Gasteiger partial charge in [0, 0.05) is 11.1 Å². The van der Waals surface area contributed by atoms with Crippen molar-refractivity contribution in [3.8, 4) is 24.7 Å². The summed E-state index contributed by atoms with van der Waals surface area (Å²) in [7, 11) is 0. The summed E-state index contributed by atoms with van der Waals surface area (Å²) in [4.78, 5) is 60.0. The zero-order valence-electron chi connectivity index (χ0n) is 41.6. The first-order chi connectivity index (χ1) is 33.4. The topological polar surface area (TPSA) is 74.8 Å². The SMILES string of the molecule is C#Cc1cc(C(C)C)c(N2C(=O)c3cc4cc5cc(C)c(CCc6cc7cc8cc9c(cc8cc7cc6C)C(=O)N(c6c(C(C)C)cc(C#C)cc6C(C)C)C9=O)cc5cc4cc3C2=O)c(C(C)C)c1. The van der Waals surface area contributed by atoms with E-state index < -0.39 is 0 Å². The molecule has 8 aromatic carbocycles. The maximum atomic E-state index is 14.3. The smallest absolute Gasteiger partial charge is 0.266 e. The van der Waals surface area contributed by atoms with Gasteiger partial charge in [-0.1, -0.05) is 91.5 Å². The van der Waals surface area contributed by atoms with Crippen molar-refractivity contribution in [3.05, 3.63) is 175 Å². The zero-order chi connectivity index (χ0) is 49.8. The lowest BCUT2D eigenvalue weighted by Crippen LogP contribution is -2.32. The van der Waals surface area contributed by atoms with E-state index in [0.29, 0.717) is 33.6 Å². The van der Waals surface area contributed by atoms with E-state index in [-0.39, 0.29) is 47.3 Å². The van der Waals surface area contributed by atoms with E-state index in [1.165, 1.54) is 32.1 Å². The second-order valence-electron chi connectivity index (χ2n) is 20.8. The van der Waals surface area contributed by atoms with Gasteiger partial charge in [0.15, 0.2) is 0 Å². The number of rotatable bonds is 9. The molecule has 0 aliphatic carbocycles. The number of nitrogens with zero attached hydrogens (tertiary/aromatic N) is 2. The van der Waals surface area contributed by atoms with E-state index in [0.717, 1.165) is 89.3 Å². The van der Waals surface area contributed by atoms with Crippen molar-refractivity contribution in [1.29, 1.82) is 0 Å². The maximum Gasteiger partial charge on any atom is 0.266 e. The molecule has 0 N–H and O–H groups in total. The van der Waals surface area contributed by atoms with Gasteiger partial charge in [-0.15, -0.1) is 12.8 Å². The highest BCUT2D eigenvalue weighted by molar-refractivity contribution is 6.37. The summed E-state index contributed by atoms with van der Waals surface area (Å²) in [5.41, 5.74) is 12.8. The van der Waals surface area contributed by atoms with Crippen LogP contribution in [0.1, 0.15) is 176 Å². The molecule has 6 nitrogen and oxygen atoms in total. The summed E-state index contributed by atoms with van der Waals surface area (Å²) in [5, 5.41) is 7.91. The van der Waals surface area contributed by atoms with Gasteiger partial charge in [0.25, 0.3) is 23.6 Å². The van der Waals surface area contributed by atoms with Crippen LogP contribution in [0, 0.1) is 38.5 Å². The number of terminal acetylenes is 2. The quantitative estimate of drug-likeness (QED) is 0.0821. The third-order valence-corrected chi connectivity index (χ3v) is 14.8. The van der Waals surface area contributed by atoms with Gasteiger partial charge in [-0.3, -0.25) is 19.2 Å². The Morgan fingerprint density at radius 3 is 0.857 bits per heavy atom. The van der Waals surface area contributed by atoms with Crippen LogP contribution >= 0.6 is 0 Å². The number of imide groups is 2. The fourth-order valence-electron chi connectivity index (χ4n) is 10.9. The van der Waals surface area contributed by atoms with Crippen LogP contribution in [0.25, 0.3) is 43.1 Å². The molecule has 0 bridgehead atoms. The van der Waals surface area contributed by atoms with Crippen molar-refractivity contribution in [2.75, 3.05) is 9.80 Å². The molecule has 0 radical (unpaired) electrons. The first-order valence-corrected chi connectivity index (χ1v) is 24.5. The molecule has 0 atom stereocenters. The van der Waals surface area contributed by atoms with Gasteiger partial charge in [-0.25, -0.2) is 9.80 Å². The van der Waals surface area contributed by atoms with Gasteiger partial charge in [-0.2, -0.15) is 0 Å². The predicted molar refractivity (Wildman–Crippen MR) is 287 cm³/mol. The van der Waals surface area contributed by atoms with Crippen molar-refractivity contribution in [2.45, 2.75) is 106 Å². The minimum atomic E-state index is -0.315. The lowest BCUT2D eigenvalue weighted by atomic mass is 9.89. The van der Waals surface area contributed by atoms with Crippen molar-refractivity contribution in [1.82, 2.24) is 0 Å². The van der Waals surface area contributed by atoms with Crippen LogP contribution in [-0.2, 0) is 12.8 Å². The molecule has 4 amide bonds. The van der Waals surface area contributed by atoms with E-state index in [9.17, 15) is 19.2 Å². The number of aryl methyl sites for hydroxylation is 4. The number of hydrogen-bond acceptors (Lipinski definition) is 4. The predicted octanol–water partition coefficient (Wildman–Crippen LogP) is 14.8. The Kier molecular flexibility index (Phi) is 11.2. The molecule has 0 fully saturated rings. The van der Waals surface area contributed by atoms with Gasteiger partial charge in [0.1, 0.15) is 0 Å². The first kappa shape index (κ1) is 46.0. The molecule has 0 spiro atoms. The van der Waals surface area contributed by atoms with Crippen molar-refractivity contribution in [2.24, 2.45) is 0 Å². The fraction of sp³-hybridized carbons (Fsp3) is 0.250. The number of benzene rings is 8. The molecule has 10 rings (SSSR count). The van der Waals surface area contributed by atoms with Gasteiger partial charge < -0.3 is 0 Å². The molecule has 70 heavy (non-hydrogen) atoms. The highest BCUT2D eigenvalue weighted by atomic mass is 16.2. The molecule has 2 aliphatic heterocycles. The summed E-state index contributed by atoms with van der Waals surface area (Å²) >= 11 is 0. The van der Waals surface area contributed by atoms with Gasteiger partial charge >= 0.3 is 0 Å². The van der Waals surface area contributed by atoms with Crippen molar-refractivity contribution >= 4 is 78.1 Å². The Balaban J connectivity index is 0.949. The number of carbonyl (C=O) groups is 4. The fourth-order valence-corrected chi connectivity index (χ4v) is 10.9.